The number of phenolic OH excluding ortho intramolecular Hbond substituents is 1. The zero-order chi connectivity index (χ0) is 27.3. The molecule has 2 heterocycles. The van der Waals surface area contributed by atoms with Crippen molar-refractivity contribution in [2.75, 3.05) is 44.2 Å². The Morgan fingerprint density at radius 1 is 0.974 bits per heavy atom. The summed E-state index contributed by atoms with van der Waals surface area (Å²) in [7, 11) is 0. The van der Waals surface area contributed by atoms with Crippen LogP contribution in [0.4, 0.5) is 19.0 Å². The topological polar surface area (TPSA) is 82.0 Å². The lowest BCUT2D eigenvalue weighted by molar-refractivity contribution is -0.274. The van der Waals surface area contributed by atoms with Gasteiger partial charge in [-0.3, -0.25) is 9.69 Å². The third-order valence-corrected chi connectivity index (χ3v) is 6.40. The third kappa shape index (κ3) is 6.91. The molecule has 8 nitrogen and oxygen atoms in total. The monoisotopic (exact) mass is 529 g/mol. The number of rotatable bonds is 8. The number of hydrogen-bond donors (Lipinski definition) is 1. The molecule has 11 heteroatoms. The van der Waals surface area contributed by atoms with Crippen molar-refractivity contribution in [3.05, 3.63) is 65.9 Å². The van der Waals surface area contributed by atoms with Gasteiger partial charge in [-0.15, -0.1) is 23.4 Å². The van der Waals surface area contributed by atoms with E-state index in [1.54, 1.807) is 29.2 Å². The quantitative estimate of drug-likeness (QED) is 0.459. The van der Waals surface area contributed by atoms with E-state index in [2.05, 4.69) is 24.7 Å². The second-order valence-electron chi connectivity index (χ2n) is 8.98. The molecular weight excluding hydrogens is 499 g/mol. The highest BCUT2D eigenvalue weighted by molar-refractivity contribution is 5.92. The number of aromatic hydroxyl groups is 1. The Balaban J connectivity index is 1.43. The van der Waals surface area contributed by atoms with Crippen molar-refractivity contribution in [3.8, 4) is 22.6 Å². The van der Waals surface area contributed by atoms with Crippen LogP contribution >= 0.6 is 0 Å². The molecule has 1 aliphatic rings. The predicted molar refractivity (Wildman–Crippen MR) is 137 cm³/mol. The van der Waals surface area contributed by atoms with E-state index in [0.717, 1.165) is 0 Å². The van der Waals surface area contributed by atoms with Gasteiger partial charge in [0.15, 0.2) is 11.5 Å². The summed E-state index contributed by atoms with van der Waals surface area (Å²) in [5.41, 5.74) is 2.08. The van der Waals surface area contributed by atoms with Crippen LogP contribution in [0.5, 0.6) is 11.5 Å². The fourth-order valence-electron chi connectivity index (χ4n) is 4.47. The van der Waals surface area contributed by atoms with Crippen molar-refractivity contribution in [1.29, 1.82) is 0 Å². The van der Waals surface area contributed by atoms with Crippen molar-refractivity contribution in [2.24, 2.45) is 0 Å². The number of phenols is 1. The molecule has 0 aliphatic carbocycles. The summed E-state index contributed by atoms with van der Waals surface area (Å²) in [5, 5.41) is 18.2. The number of aromatic nitrogens is 2. The maximum absolute atomic E-state index is 13.0. The summed E-state index contributed by atoms with van der Waals surface area (Å²) in [5.74, 6) is 0.241. The number of piperazine rings is 1. The van der Waals surface area contributed by atoms with E-state index in [9.17, 15) is 23.1 Å². The molecule has 2 aromatic carbocycles. The van der Waals surface area contributed by atoms with Gasteiger partial charge in [-0.25, -0.2) is 0 Å². The van der Waals surface area contributed by atoms with Crippen molar-refractivity contribution in [2.45, 2.75) is 26.8 Å². The molecule has 1 aromatic heterocycles. The first-order chi connectivity index (χ1) is 18.1. The van der Waals surface area contributed by atoms with Crippen molar-refractivity contribution < 1.29 is 27.8 Å². The normalized spacial score (nSPS) is 14.4. The van der Waals surface area contributed by atoms with Gasteiger partial charge >= 0.3 is 6.36 Å². The molecule has 0 radical (unpaired) electrons. The number of carbonyl (C=O) groups excluding carboxylic acids is 1. The lowest BCUT2D eigenvalue weighted by Crippen LogP contribution is -2.46. The van der Waals surface area contributed by atoms with Gasteiger partial charge < -0.3 is 19.6 Å². The summed E-state index contributed by atoms with van der Waals surface area (Å²) in [6.07, 6.45) is -4.81. The molecule has 1 aliphatic heterocycles. The number of hydrogen-bond acceptors (Lipinski definition) is 7. The first kappa shape index (κ1) is 27.2. The zero-order valence-corrected chi connectivity index (χ0v) is 21.3. The first-order valence-corrected chi connectivity index (χ1v) is 12.4. The van der Waals surface area contributed by atoms with Crippen LogP contribution in [-0.2, 0) is 6.54 Å². The molecule has 1 saturated heterocycles. The van der Waals surface area contributed by atoms with E-state index in [4.69, 9.17) is 0 Å². The Morgan fingerprint density at radius 3 is 2.32 bits per heavy atom. The van der Waals surface area contributed by atoms with E-state index in [1.165, 1.54) is 24.3 Å². The minimum atomic E-state index is -4.81. The molecule has 4 rings (SSSR count). The average molecular weight is 530 g/mol. The van der Waals surface area contributed by atoms with Gasteiger partial charge in [0.25, 0.3) is 5.91 Å². The Hall–Kier alpha value is -3.86. The molecule has 0 spiro atoms. The number of amides is 1. The van der Waals surface area contributed by atoms with Crippen molar-refractivity contribution in [3.63, 3.8) is 0 Å². The highest BCUT2D eigenvalue weighted by Crippen LogP contribution is 2.32. The molecule has 0 atom stereocenters. The molecule has 38 heavy (non-hydrogen) atoms. The number of benzene rings is 2. The van der Waals surface area contributed by atoms with Crippen LogP contribution in [0.25, 0.3) is 11.1 Å². The number of ether oxygens (including phenoxy) is 1. The molecule has 0 saturated carbocycles. The Morgan fingerprint density at radius 2 is 1.71 bits per heavy atom. The lowest BCUT2D eigenvalue weighted by Gasteiger charge is -2.35. The molecule has 3 aromatic rings. The fourth-order valence-corrected chi connectivity index (χ4v) is 4.47. The van der Waals surface area contributed by atoms with Crippen LogP contribution in [0.2, 0.25) is 0 Å². The van der Waals surface area contributed by atoms with Gasteiger partial charge in [-0.1, -0.05) is 12.1 Å². The van der Waals surface area contributed by atoms with Crippen LogP contribution in [0.1, 0.15) is 29.9 Å². The lowest BCUT2D eigenvalue weighted by atomic mass is 10.0. The third-order valence-electron chi connectivity index (χ3n) is 6.40. The molecule has 202 valence electrons. The Labute approximate surface area is 219 Å². The van der Waals surface area contributed by atoms with Gasteiger partial charge in [-0.05, 0) is 73.0 Å². The maximum atomic E-state index is 13.0. The van der Waals surface area contributed by atoms with E-state index < -0.39 is 6.36 Å². The standard InChI is InChI=1S/C27H30F3N5O3/c1-3-34(4-2)26(37)24-8-9-25(32-31-24)35-12-10-33(11-13-35)18-19-14-21(20-6-5-7-22(36)16-20)17-23(15-19)38-27(28,29)30/h5-9,14-17,36H,3-4,10-13,18H2,1-2H3. The highest BCUT2D eigenvalue weighted by atomic mass is 19.4. The Kier molecular flexibility index (Phi) is 8.35. The van der Waals surface area contributed by atoms with E-state index >= 15 is 0 Å². The SMILES string of the molecule is CCN(CC)C(=O)c1ccc(N2CCN(Cc3cc(OC(F)(F)F)cc(-c4cccc(O)c4)c3)CC2)nn1. The molecule has 0 bridgehead atoms. The maximum Gasteiger partial charge on any atom is 0.573 e. The van der Waals surface area contributed by atoms with Crippen molar-refractivity contribution in [1.82, 2.24) is 20.0 Å². The van der Waals surface area contributed by atoms with Gasteiger partial charge in [0.1, 0.15) is 11.5 Å². The van der Waals surface area contributed by atoms with E-state index in [0.29, 0.717) is 74.0 Å². The fraction of sp³-hybridized carbons (Fsp3) is 0.370. The van der Waals surface area contributed by atoms with Crippen molar-refractivity contribution >= 4 is 11.7 Å². The van der Waals surface area contributed by atoms with Gasteiger partial charge in [0, 0.05) is 45.8 Å². The summed E-state index contributed by atoms with van der Waals surface area (Å²) in [6, 6.07) is 14.3. The number of carbonyl (C=O) groups is 1. The van der Waals surface area contributed by atoms with Crippen LogP contribution in [0, 0.1) is 0 Å². The van der Waals surface area contributed by atoms with Crippen LogP contribution < -0.4 is 9.64 Å². The Bertz CT molecular complexity index is 1240. The minimum absolute atomic E-state index is 0.0240. The van der Waals surface area contributed by atoms with E-state index in [1.807, 2.05) is 19.9 Å². The zero-order valence-electron chi connectivity index (χ0n) is 21.3. The van der Waals surface area contributed by atoms with Gasteiger partial charge in [0.05, 0.1) is 0 Å². The second-order valence-corrected chi connectivity index (χ2v) is 8.98. The highest BCUT2D eigenvalue weighted by Gasteiger charge is 2.31. The number of alkyl halides is 3. The molecular formula is C27H30F3N5O3. The smallest absolute Gasteiger partial charge is 0.508 e. The van der Waals surface area contributed by atoms with Gasteiger partial charge in [-0.2, -0.15) is 0 Å². The van der Waals surface area contributed by atoms with Crippen LogP contribution in [0.15, 0.2) is 54.6 Å². The largest absolute Gasteiger partial charge is 0.573 e. The number of nitrogens with zero attached hydrogens (tertiary/aromatic N) is 5. The average Bonchev–Trinajstić information content (AvgIpc) is 2.89. The van der Waals surface area contributed by atoms with Crippen LogP contribution in [-0.4, -0.2) is 76.6 Å². The molecule has 0 unspecified atom stereocenters. The summed E-state index contributed by atoms with van der Waals surface area (Å²) in [6.45, 7) is 8.07. The summed E-state index contributed by atoms with van der Waals surface area (Å²) in [4.78, 5) is 18.4. The second kappa shape index (κ2) is 11.7. The molecule has 1 N–H and O–H groups in total. The van der Waals surface area contributed by atoms with E-state index in [-0.39, 0.29) is 17.4 Å². The molecule has 1 amide bonds. The summed E-state index contributed by atoms with van der Waals surface area (Å²) < 4.78 is 43.1. The van der Waals surface area contributed by atoms with Gasteiger partial charge in [0.2, 0.25) is 0 Å². The minimum Gasteiger partial charge on any atom is -0.508 e. The summed E-state index contributed by atoms with van der Waals surface area (Å²) >= 11 is 0. The first-order valence-electron chi connectivity index (χ1n) is 12.4. The molecule has 1 fully saturated rings. The number of anilines is 1. The predicted octanol–water partition coefficient (Wildman–Crippen LogP) is 4.55. The van der Waals surface area contributed by atoms with Crippen LogP contribution in [0.3, 0.4) is 0 Å². The number of halogens is 3.